The van der Waals surface area contributed by atoms with E-state index < -0.39 is 12.1 Å². The Morgan fingerprint density at radius 2 is 2.24 bits per heavy atom. The largest absolute Gasteiger partial charge is 0.479 e. The second-order valence-electron chi connectivity index (χ2n) is 3.52. The van der Waals surface area contributed by atoms with Crippen LogP contribution in [0, 0.1) is 0 Å². The highest BCUT2D eigenvalue weighted by molar-refractivity contribution is 7.98. The van der Waals surface area contributed by atoms with Crippen LogP contribution in [0.25, 0.3) is 0 Å². The summed E-state index contributed by atoms with van der Waals surface area (Å²) in [5.74, 6) is -1.27. The Morgan fingerprint density at radius 3 is 2.76 bits per heavy atom. The maximum absolute atomic E-state index is 10.7. The molecule has 1 rings (SSSR count). The number of carboxylic acids is 1. The van der Waals surface area contributed by atoms with Crippen LogP contribution in [0.5, 0.6) is 0 Å². The molecule has 0 heterocycles. The van der Waals surface area contributed by atoms with Crippen LogP contribution in [0.2, 0.25) is 0 Å². The van der Waals surface area contributed by atoms with E-state index in [1.165, 1.54) is 11.8 Å². The summed E-state index contributed by atoms with van der Waals surface area (Å²) in [5, 5.41) is 18.1. The highest BCUT2D eigenvalue weighted by atomic mass is 32.2. The Balaban J connectivity index is 2.99. The number of aliphatic hydroxyl groups is 1. The summed E-state index contributed by atoms with van der Waals surface area (Å²) in [5.41, 5.74) is 1.35. The third kappa shape index (κ3) is 3.57. The van der Waals surface area contributed by atoms with Crippen LogP contribution < -0.4 is 0 Å². The fourth-order valence-corrected chi connectivity index (χ4v) is 2.18. The second-order valence-corrected chi connectivity index (χ2v) is 4.37. The van der Waals surface area contributed by atoms with Crippen LogP contribution in [0.3, 0.4) is 0 Å². The summed E-state index contributed by atoms with van der Waals surface area (Å²) in [6.45, 7) is 0. The van der Waals surface area contributed by atoms with Gasteiger partial charge in [0.2, 0.25) is 0 Å². The minimum Gasteiger partial charge on any atom is -0.479 e. The molecule has 0 saturated heterocycles. The molecule has 5 heteroatoms. The molecule has 92 valence electrons. The van der Waals surface area contributed by atoms with Crippen molar-refractivity contribution in [3.8, 4) is 0 Å². The molecule has 0 saturated carbocycles. The van der Waals surface area contributed by atoms with Gasteiger partial charge in [0.25, 0.3) is 0 Å². The van der Waals surface area contributed by atoms with Gasteiger partial charge < -0.3 is 15.0 Å². The third-order valence-electron chi connectivity index (χ3n) is 2.39. The molecule has 0 aliphatic rings. The van der Waals surface area contributed by atoms with E-state index in [4.69, 9.17) is 5.11 Å². The number of hydrogen-bond acceptors (Lipinski definition) is 4. The van der Waals surface area contributed by atoms with Crippen molar-refractivity contribution in [2.45, 2.75) is 23.8 Å². The molecule has 0 spiro atoms. The normalized spacial score (nSPS) is 12.1. The third-order valence-corrected chi connectivity index (χ3v) is 3.21. The predicted molar refractivity (Wildman–Crippen MR) is 65.2 cm³/mol. The number of carboxylic acid groups (broad SMARTS) is 1. The molecule has 1 unspecified atom stereocenters. The topological polar surface area (TPSA) is 74.6 Å². The zero-order valence-corrected chi connectivity index (χ0v) is 10.2. The van der Waals surface area contributed by atoms with Gasteiger partial charge in [0, 0.05) is 11.3 Å². The van der Waals surface area contributed by atoms with E-state index in [0.29, 0.717) is 18.4 Å². The summed E-state index contributed by atoms with van der Waals surface area (Å²) in [7, 11) is 0. The van der Waals surface area contributed by atoms with Crippen molar-refractivity contribution < 1.29 is 19.8 Å². The number of carbonyl (C=O) groups excluding carboxylic acids is 1. The lowest BCUT2D eigenvalue weighted by Crippen LogP contribution is -2.10. The Hall–Kier alpha value is -1.33. The molecule has 0 fully saturated rings. The van der Waals surface area contributed by atoms with Crippen LogP contribution >= 0.6 is 11.8 Å². The molecule has 1 aromatic carbocycles. The Bertz CT molecular complexity index is 417. The van der Waals surface area contributed by atoms with Gasteiger partial charge in [-0.25, -0.2) is 4.79 Å². The molecule has 4 nitrogen and oxygen atoms in total. The van der Waals surface area contributed by atoms with E-state index >= 15 is 0 Å². The Morgan fingerprint density at radius 1 is 1.53 bits per heavy atom. The number of aliphatic carboxylic acids is 1. The number of rotatable bonds is 6. The van der Waals surface area contributed by atoms with Crippen LogP contribution in [-0.4, -0.2) is 28.7 Å². The van der Waals surface area contributed by atoms with Crippen molar-refractivity contribution >= 4 is 24.0 Å². The van der Waals surface area contributed by atoms with Gasteiger partial charge in [-0.05, 0) is 29.9 Å². The number of thioether (sulfide) groups is 1. The van der Waals surface area contributed by atoms with Gasteiger partial charge in [-0.15, -0.1) is 11.8 Å². The molecule has 0 radical (unpaired) electrons. The van der Waals surface area contributed by atoms with Gasteiger partial charge in [0.15, 0.2) is 6.10 Å². The second kappa shape index (κ2) is 6.42. The maximum Gasteiger partial charge on any atom is 0.337 e. The highest BCUT2D eigenvalue weighted by Crippen LogP contribution is 2.26. The molecule has 2 N–H and O–H groups in total. The zero-order chi connectivity index (χ0) is 12.8. The zero-order valence-electron chi connectivity index (χ0n) is 9.42. The summed E-state index contributed by atoms with van der Waals surface area (Å²) >= 11 is 1.47. The molecule has 0 bridgehead atoms. The van der Waals surface area contributed by atoms with E-state index in [1.807, 2.05) is 6.26 Å². The van der Waals surface area contributed by atoms with E-state index in [2.05, 4.69) is 0 Å². The lowest BCUT2D eigenvalue weighted by Gasteiger charge is -2.11. The van der Waals surface area contributed by atoms with Crippen molar-refractivity contribution in [2.75, 3.05) is 6.26 Å². The maximum atomic E-state index is 10.7. The van der Waals surface area contributed by atoms with E-state index in [1.54, 1.807) is 18.2 Å². The summed E-state index contributed by atoms with van der Waals surface area (Å²) in [6.07, 6.45) is 2.29. The highest BCUT2D eigenvalue weighted by Gasteiger charge is 2.16. The fourth-order valence-electron chi connectivity index (χ4n) is 1.49. The first-order valence-electron chi connectivity index (χ1n) is 5.11. The minimum atomic E-state index is -1.50. The first kappa shape index (κ1) is 13.7. The first-order valence-corrected chi connectivity index (χ1v) is 6.34. The van der Waals surface area contributed by atoms with Gasteiger partial charge in [0.05, 0.1) is 0 Å². The molecule has 1 atom stereocenters. The van der Waals surface area contributed by atoms with E-state index in [-0.39, 0.29) is 0 Å². The first-order chi connectivity index (χ1) is 8.10. The molecule has 17 heavy (non-hydrogen) atoms. The molecule has 1 aromatic rings. The van der Waals surface area contributed by atoms with Gasteiger partial charge in [-0.3, -0.25) is 0 Å². The molecule has 0 amide bonds. The summed E-state index contributed by atoms with van der Waals surface area (Å²) in [4.78, 5) is 21.9. The van der Waals surface area contributed by atoms with Gasteiger partial charge in [-0.2, -0.15) is 0 Å². The number of carbonyl (C=O) groups is 2. The van der Waals surface area contributed by atoms with Gasteiger partial charge in [0.1, 0.15) is 6.29 Å². The van der Waals surface area contributed by atoms with Crippen molar-refractivity contribution in [3.63, 3.8) is 0 Å². The number of aliphatic hydroxyl groups excluding tert-OH is 1. The van der Waals surface area contributed by atoms with Gasteiger partial charge in [-0.1, -0.05) is 12.1 Å². The monoisotopic (exact) mass is 254 g/mol. The lowest BCUT2D eigenvalue weighted by molar-refractivity contribution is -0.146. The minimum absolute atomic E-state index is 0.358. The standard InChI is InChI=1S/C12H14O4S/c1-17-10-7-9(11(14)12(15)16)5-4-8(10)3-2-6-13/h4-7,11,14H,2-3H2,1H3,(H,15,16). The van der Waals surface area contributed by atoms with Crippen LogP contribution in [0.4, 0.5) is 0 Å². The van der Waals surface area contributed by atoms with Crippen LogP contribution in [0.15, 0.2) is 23.1 Å². The average molecular weight is 254 g/mol. The fraction of sp³-hybridized carbons (Fsp3) is 0.333. The van der Waals surface area contributed by atoms with E-state index in [0.717, 1.165) is 16.7 Å². The Kier molecular flexibility index (Phi) is 5.18. The van der Waals surface area contributed by atoms with Crippen molar-refractivity contribution in [1.29, 1.82) is 0 Å². The molecule has 0 aliphatic heterocycles. The van der Waals surface area contributed by atoms with Crippen molar-refractivity contribution in [2.24, 2.45) is 0 Å². The number of benzene rings is 1. The SMILES string of the molecule is CSc1cc(C(O)C(=O)O)ccc1CCC=O. The van der Waals surface area contributed by atoms with Gasteiger partial charge >= 0.3 is 5.97 Å². The number of hydrogen-bond donors (Lipinski definition) is 2. The molecule has 0 aliphatic carbocycles. The lowest BCUT2D eigenvalue weighted by atomic mass is 10.0. The predicted octanol–water partition coefficient (Wildman–Crippen LogP) is 1.66. The number of aldehydes is 1. The molecule has 0 aromatic heterocycles. The average Bonchev–Trinajstić information content (AvgIpc) is 2.35. The van der Waals surface area contributed by atoms with Crippen LogP contribution in [0.1, 0.15) is 23.7 Å². The van der Waals surface area contributed by atoms with Crippen LogP contribution in [-0.2, 0) is 16.0 Å². The summed E-state index contributed by atoms with van der Waals surface area (Å²) in [6, 6.07) is 5.00. The van der Waals surface area contributed by atoms with E-state index in [9.17, 15) is 14.7 Å². The molecular formula is C12H14O4S. The Labute approximate surface area is 104 Å². The smallest absolute Gasteiger partial charge is 0.337 e. The quantitative estimate of drug-likeness (QED) is 0.596. The van der Waals surface area contributed by atoms with Crippen molar-refractivity contribution in [1.82, 2.24) is 0 Å². The number of aryl methyl sites for hydroxylation is 1. The summed E-state index contributed by atoms with van der Waals surface area (Å²) < 4.78 is 0. The molecular weight excluding hydrogens is 240 g/mol. The van der Waals surface area contributed by atoms with Crippen molar-refractivity contribution in [3.05, 3.63) is 29.3 Å².